The van der Waals surface area contributed by atoms with E-state index in [0.29, 0.717) is 12.5 Å². The summed E-state index contributed by atoms with van der Waals surface area (Å²) in [6.07, 6.45) is 3.71. The first kappa shape index (κ1) is 15.0. The van der Waals surface area contributed by atoms with Crippen molar-refractivity contribution >= 4 is 16.7 Å². The number of Topliss-reactive ketones (excluding diaryl/α,β-unsaturated/α-hetero) is 1. The Morgan fingerprint density at radius 3 is 3.00 bits per heavy atom. The predicted octanol–water partition coefficient (Wildman–Crippen LogP) is 3.20. The van der Waals surface area contributed by atoms with Crippen LogP contribution in [-0.4, -0.2) is 30.0 Å². The first-order valence-electron chi connectivity index (χ1n) is 7.95. The third-order valence-corrected chi connectivity index (χ3v) is 3.95. The van der Waals surface area contributed by atoms with Crippen molar-refractivity contribution in [2.75, 3.05) is 13.2 Å². The van der Waals surface area contributed by atoms with Gasteiger partial charge in [0.2, 0.25) is 0 Å². The van der Waals surface area contributed by atoms with Crippen molar-refractivity contribution < 1.29 is 9.53 Å². The number of ether oxygens (including phenoxy) is 1. The van der Waals surface area contributed by atoms with Gasteiger partial charge < -0.3 is 10.1 Å². The number of carbonyl (C=O) groups is 1. The molecule has 1 aromatic carbocycles. The van der Waals surface area contributed by atoms with E-state index in [0.717, 1.165) is 41.6 Å². The fourth-order valence-electron chi connectivity index (χ4n) is 2.83. The normalized spacial score (nSPS) is 18.0. The Kier molecular flexibility index (Phi) is 4.39. The van der Waals surface area contributed by atoms with Gasteiger partial charge in [-0.25, -0.2) is 0 Å². The van der Waals surface area contributed by atoms with Crippen LogP contribution in [0, 0.1) is 5.92 Å². The Morgan fingerprint density at radius 2 is 2.27 bits per heavy atom. The van der Waals surface area contributed by atoms with E-state index < -0.39 is 0 Å². The summed E-state index contributed by atoms with van der Waals surface area (Å²) >= 11 is 0. The minimum absolute atomic E-state index is 0.0640. The van der Waals surface area contributed by atoms with Gasteiger partial charge in [0.15, 0.2) is 5.78 Å². The second-order valence-electron chi connectivity index (χ2n) is 6.23. The molecule has 1 atom stereocenters. The molecule has 1 aliphatic rings. The zero-order valence-electron chi connectivity index (χ0n) is 13.1. The molecule has 1 N–H and O–H groups in total. The summed E-state index contributed by atoms with van der Waals surface area (Å²) in [5.41, 5.74) is 1.51. The van der Waals surface area contributed by atoms with Gasteiger partial charge in [0.1, 0.15) is 11.3 Å². The average molecular weight is 298 g/mol. The quantitative estimate of drug-likeness (QED) is 0.861. The number of rotatable bonds is 5. The SMILES string of the molecule is CC(C)COc1ccc(C(=O)C2CCCN2)c2cccnc12. The second kappa shape index (κ2) is 6.44. The lowest BCUT2D eigenvalue weighted by atomic mass is 9.98. The maximum Gasteiger partial charge on any atom is 0.180 e. The zero-order chi connectivity index (χ0) is 15.5. The number of nitrogens with one attached hydrogen (secondary N) is 1. The zero-order valence-corrected chi connectivity index (χ0v) is 13.1. The molecular weight excluding hydrogens is 276 g/mol. The Hall–Kier alpha value is -1.94. The molecule has 3 rings (SSSR count). The molecule has 0 bridgehead atoms. The highest BCUT2D eigenvalue weighted by Crippen LogP contribution is 2.28. The van der Waals surface area contributed by atoms with Crippen LogP contribution in [0.2, 0.25) is 0 Å². The molecule has 4 heteroatoms. The number of fused-ring (bicyclic) bond motifs is 1. The van der Waals surface area contributed by atoms with Crippen LogP contribution in [0.25, 0.3) is 10.9 Å². The number of carbonyl (C=O) groups excluding carboxylic acids is 1. The predicted molar refractivity (Wildman–Crippen MR) is 87.4 cm³/mol. The largest absolute Gasteiger partial charge is 0.491 e. The van der Waals surface area contributed by atoms with E-state index in [1.54, 1.807) is 6.20 Å². The lowest BCUT2D eigenvalue weighted by Gasteiger charge is -2.14. The first-order chi connectivity index (χ1) is 10.7. The number of benzene rings is 1. The van der Waals surface area contributed by atoms with E-state index >= 15 is 0 Å². The van der Waals surface area contributed by atoms with Crippen LogP contribution >= 0.6 is 0 Å². The Labute approximate surface area is 130 Å². The summed E-state index contributed by atoms with van der Waals surface area (Å²) in [6, 6.07) is 7.51. The van der Waals surface area contributed by atoms with Crippen molar-refractivity contribution in [3.8, 4) is 5.75 Å². The maximum atomic E-state index is 12.7. The minimum Gasteiger partial charge on any atom is -0.491 e. The number of hydrogen-bond donors (Lipinski definition) is 1. The van der Waals surface area contributed by atoms with Crippen molar-refractivity contribution in [1.29, 1.82) is 0 Å². The van der Waals surface area contributed by atoms with Crippen molar-refractivity contribution in [3.63, 3.8) is 0 Å². The first-order valence-corrected chi connectivity index (χ1v) is 7.95. The molecular formula is C18H22N2O2. The molecule has 1 unspecified atom stereocenters. The van der Waals surface area contributed by atoms with E-state index in [1.165, 1.54) is 0 Å². The molecule has 1 aromatic heterocycles. The third kappa shape index (κ3) is 2.97. The second-order valence-corrected chi connectivity index (χ2v) is 6.23. The lowest BCUT2D eigenvalue weighted by Crippen LogP contribution is -2.30. The van der Waals surface area contributed by atoms with Gasteiger partial charge in [-0.05, 0) is 43.5 Å². The summed E-state index contributed by atoms with van der Waals surface area (Å²) < 4.78 is 5.85. The fraction of sp³-hybridized carbons (Fsp3) is 0.444. The average Bonchev–Trinajstić information content (AvgIpc) is 3.06. The highest BCUT2D eigenvalue weighted by Gasteiger charge is 2.25. The van der Waals surface area contributed by atoms with Gasteiger partial charge in [-0.3, -0.25) is 9.78 Å². The molecule has 0 saturated carbocycles. The molecule has 1 saturated heterocycles. The Morgan fingerprint density at radius 1 is 1.41 bits per heavy atom. The molecule has 2 heterocycles. The van der Waals surface area contributed by atoms with Crippen LogP contribution in [0.1, 0.15) is 37.0 Å². The van der Waals surface area contributed by atoms with Gasteiger partial charge in [-0.2, -0.15) is 0 Å². The lowest BCUT2D eigenvalue weighted by molar-refractivity contribution is 0.0954. The monoisotopic (exact) mass is 298 g/mol. The van der Waals surface area contributed by atoms with E-state index in [1.807, 2.05) is 24.3 Å². The van der Waals surface area contributed by atoms with Gasteiger partial charge in [-0.15, -0.1) is 0 Å². The number of pyridine rings is 1. The van der Waals surface area contributed by atoms with E-state index in [-0.39, 0.29) is 11.8 Å². The summed E-state index contributed by atoms with van der Waals surface area (Å²) in [5.74, 6) is 1.36. The molecule has 0 spiro atoms. The third-order valence-electron chi connectivity index (χ3n) is 3.95. The maximum absolute atomic E-state index is 12.7. The van der Waals surface area contributed by atoms with Gasteiger partial charge in [0.25, 0.3) is 0 Å². The summed E-state index contributed by atoms with van der Waals surface area (Å²) in [5, 5.41) is 4.15. The van der Waals surface area contributed by atoms with Crippen LogP contribution in [0.3, 0.4) is 0 Å². The van der Waals surface area contributed by atoms with Crippen LogP contribution in [-0.2, 0) is 0 Å². The van der Waals surface area contributed by atoms with E-state index in [9.17, 15) is 4.79 Å². The fourth-order valence-corrected chi connectivity index (χ4v) is 2.83. The summed E-state index contributed by atoms with van der Waals surface area (Å²) in [7, 11) is 0. The number of aromatic nitrogens is 1. The smallest absolute Gasteiger partial charge is 0.180 e. The molecule has 22 heavy (non-hydrogen) atoms. The van der Waals surface area contributed by atoms with Gasteiger partial charge >= 0.3 is 0 Å². The Bertz CT molecular complexity index is 676. The van der Waals surface area contributed by atoms with Crippen molar-refractivity contribution in [3.05, 3.63) is 36.0 Å². The number of ketones is 1. The summed E-state index contributed by atoms with van der Waals surface area (Å²) in [6.45, 7) is 5.78. The summed E-state index contributed by atoms with van der Waals surface area (Å²) in [4.78, 5) is 17.1. The van der Waals surface area contributed by atoms with Gasteiger partial charge in [0, 0.05) is 17.1 Å². The molecule has 1 fully saturated rings. The highest BCUT2D eigenvalue weighted by atomic mass is 16.5. The number of hydrogen-bond acceptors (Lipinski definition) is 4. The molecule has 2 aromatic rings. The van der Waals surface area contributed by atoms with Crippen LogP contribution in [0.15, 0.2) is 30.5 Å². The van der Waals surface area contributed by atoms with Gasteiger partial charge in [-0.1, -0.05) is 19.9 Å². The molecule has 1 aliphatic heterocycles. The van der Waals surface area contributed by atoms with Crippen molar-refractivity contribution in [2.45, 2.75) is 32.7 Å². The van der Waals surface area contributed by atoms with Crippen molar-refractivity contribution in [2.24, 2.45) is 5.92 Å². The Balaban J connectivity index is 1.98. The molecule has 4 nitrogen and oxygen atoms in total. The molecule has 0 amide bonds. The standard InChI is InChI=1S/C18H22N2O2/c1-12(2)11-22-16-8-7-14(13-5-3-10-20-17(13)16)18(21)15-6-4-9-19-15/h3,5,7-8,10,12,15,19H,4,6,9,11H2,1-2H3. The van der Waals surface area contributed by atoms with Crippen molar-refractivity contribution in [1.82, 2.24) is 10.3 Å². The molecule has 0 aliphatic carbocycles. The molecule has 116 valence electrons. The van der Waals surface area contributed by atoms with Crippen LogP contribution < -0.4 is 10.1 Å². The molecule has 0 radical (unpaired) electrons. The number of nitrogens with zero attached hydrogens (tertiary/aromatic N) is 1. The van der Waals surface area contributed by atoms with Crippen LogP contribution in [0.4, 0.5) is 0 Å². The van der Waals surface area contributed by atoms with E-state index in [4.69, 9.17) is 4.74 Å². The van der Waals surface area contributed by atoms with Gasteiger partial charge in [0.05, 0.1) is 12.6 Å². The topological polar surface area (TPSA) is 51.2 Å². The minimum atomic E-state index is -0.0640. The highest BCUT2D eigenvalue weighted by molar-refractivity contribution is 6.11. The van der Waals surface area contributed by atoms with Crippen LogP contribution in [0.5, 0.6) is 5.75 Å². The van der Waals surface area contributed by atoms with E-state index in [2.05, 4.69) is 24.1 Å².